The Balaban J connectivity index is 2.04. The van der Waals surface area contributed by atoms with Gasteiger partial charge in [-0.05, 0) is 50.1 Å². The predicted octanol–water partition coefficient (Wildman–Crippen LogP) is 3.30. The summed E-state index contributed by atoms with van der Waals surface area (Å²) in [5.74, 6) is 0.921. The molecule has 20 heavy (non-hydrogen) atoms. The molecule has 1 aromatic carbocycles. The Morgan fingerprint density at radius 2 is 2.05 bits per heavy atom. The van der Waals surface area contributed by atoms with E-state index in [0.717, 1.165) is 18.8 Å². The highest BCUT2D eigenvalue weighted by molar-refractivity contribution is 5.48. The molecule has 112 valence electrons. The van der Waals surface area contributed by atoms with Crippen molar-refractivity contribution in [2.75, 3.05) is 38.7 Å². The van der Waals surface area contributed by atoms with Crippen molar-refractivity contribution >= 4 is 5.69 Å². The first kappa shape index (κ1) is 15.2. The summed E-state index contributed by atoms with van der Waals surface area (Å²) in [5.41, 5.74) is 1.70. The van der Waals surface area contributed by atoms with Gasteiger partial charge in [0.25, 0.3) is 0 Å². The summed E-state index contributed by atoms with van der Waals surface area (Å²) in [5, 5.41) is 3.59. The molecule has 3 heteroatoms. The first-order valence-electron chi connectivity index (χ1n) is 7.75. The molecule has 1 aromatic rings. The van der Waals surface area contributed by atoms with Crippen LogP contribution >= 0.6 is 0 Å². The van der Waals surface area contributed by atoms with Crippen molar-refractivity contribution in [3.8, 4) is 5.75 Å². The van der Waals surface area contributed by atoms with Gasteiger partial charge in [0.1, 0.15) is 5.75 Å². The Labute approximate surface area is 123 Å². The maximum absolute atomic E-state index is 5.23. The van der Waals surface area contributed by atoms with Crippen LogP contribution in [-0.4, -0.2) is 33.8 Å². The summed E-state index contributed by atoms with van der Waals surface area (Å²) in [6.07, 6.45) is 5.21. The van der Waals surface area contributed by atoms with E-state index in [2.05, 4.69) is 36.3 Å². The molecule has 1 unspecified atom stereocenters. The first-order chi connectivity index (χ1) is 9.69. The van der Waals surface area contributed by atoms with Crippen LogP contribution in [0.4, 0.5) is 5.69 Å². The molecule has 1 aliphatic rings. The van der Waals surface area contributed by atoms with E-state index in [-0.39, 0.29) is 0 Å². The van der Waals surface area contributed by atoms with E-state index in [1.165, 1.54) is 37.9 Å². The molecule has 1 saturated heterocycles. The van der Waals surface area contributed by atoms with Crippen molar-refractivity contribution in [3.05, 3.63) is 24.3 Å². The van der Waals surface area contributed by atoms with Crippen LogP contribution in [0, 0.1) is 5.41 Å². The van der Waals surface area contributed by atoms with Gasteiger partial charge in [0.2, 0.25) is 0 Å². The average molecular weight is 276 g/mol. The second kappa shape index (κ2) is 6.98. The van der Waals surface area contributed by atoms with E-state index in [9.17, 15) is 0 Å². The zero-order chi connectivity index (χ0) is 14.4. The van der Waals surface area contributed by atoms with E-state index in [4.69, 9.17) is 4.74 Å². The third-order valence-corrected chi connectivity index (χ3v) is 4.43. The highest BCUT2D eigenvalue weighted by atomic mass is 16.5. The van der Waals surface area contributed by atoms with E-state index < -0.39 is 0 Å². The van der Waals surface area contributed by atoms with Crippen LogP contribution in [0.3, 0.4) is 0 Å². The number of methoxy groups -OCH3 is 1. The SMILES string of the molecule is CCCC1(CN(C)c2ccc(OC)cc2)CCCNC1. The molecule has 0 spiro atoms. The van der Waals surface area contributed by atoms with Crippen LogP contribution < -0.4 is 15.0 Å². The highest BCUT2D eigenvalue weighted by Crippen LogP contribution is 2.33. The Morgan fingerprint density at radius 1 is 1.30 bits per heavy atom. The van der Waals surface area contributed by atoms with Crippen LogP contribution in [0.25, 0.3) is 0 Å². The smallest absolute Gasteiger partial charge is 0.119 e. The van der Waals surface area contributed by atoms with Gasteiger partial charge >= 0.3 is 0 Å². The predicted molar refractivity (Wildman–Crippen MR) is 85.7 cm³/mol. The molecule has 1 heterocycles. The summed E-state index contributed by atoms with van der Waals surface area (Å²) in [6.45, 7) is 5.75. The van der Waals surface area contributed by atoms with Crippen LogP contribution in [0.2, 0.25) is 0 Å². The summed E-state index contributed by atoms with van der Waals surface area (Å²) in [6, 6.07) is 8.37. The van der Waals surface area contributed by atoms with Crippen molar-refractivity contribution in [2.24, 2.45) is 5.41 Å². The minimum absolute atomic E-state index is 0.432. The number of nitrogens with zero attached hydrogens (tertiary/aromatic N) is 1. The van der Waals surface area contributed by atoms with Crippen molar-refractivity contribution in [1.29, 1.82) is 0 Å². The van der Waals surface area contributed by atoms with Gasteiger partial charge in [0.05, 0.1) is 7.11 Å². The van der Waals surface area contributed by atoms with Crippen molar-refractivity contribution in [3.63, 3.8) is 0 Å². The Morgan fingerprint density at radius 3 is 2.60 bits per heavy atom. The zero-order valence-electron chi connectivity index (χ0n) is 13.1. The molecule has 1 N–H and O–H groups in total. The number of nitrogens with one attached hydrogen (secondary N) is 1. The Bertz CT molecular complexity index is 390. The minimum atomic E-state index is 0.432. The lowest BCUT2D eigenvalue weighted by molar-refractivity contribution is 0.197. The lowest BCUT2D eigenvalue weighted by Crippen LogP contribution is -2.46. The molecule has 0 aromatic heterocycles. The number of anilines is 1. The molecule has 3 nitrogen and oxygen atoms in total. The van der Waals surface area contributed by atoms with Crippen LogP contribution in [-0.2, 0) is 0 Å². The lowest BCUT2D eigenvalue weighted by atomic mass is 9.76. The summed E-state index contributed by atoms with van der Waals surface area (Å²) in [4.78, 5) is 2.39. The molecule has 0 radical (unpaired) electrons. The van der Waals surface area contributed by atoms with Gasteiger partial charge < -0.3 is 15.0 Å². The largest absolute Gasteiger partial charge is 0.497 e. The third-order valence-electron chi connectivity index (χ3n) is 4.43. The number of hydrogen-bond acceptors (Lipinski definition) is 3. The number of ether oxygens (including phenoxy) is 1. The molecule has 0 bridgehead atoms. The van der Waals surface area contributed by atoms with Crippen LogP contribution in [0.1, 0.15) is 32.6 Å². The first-order valence-corrected chi connectivity index (χ1v) is 7.75. The highest BCUT2D eigenvalue weighted by Gasteiger charge is 2.32. The summed E-state index contributed by atoms with van der Waals surface area (Å²) in [7, 11) is 3.91. The molecular formula is C17H28N2O. The number of piperidine rings is 1. The summed E-state index contributed by atoms with van der Waals surface area (Å²) >= 11 is 0. The summed E-state index contributed by atoms with van der Waals surface area (Å²) < 4.78 is 5.23. The average Bonchev–Trinajstić information content (AvgIpc) is 2.48. The topological polar surface area (TPSA) is 24.5 Å². The maximum atomic E-state index is 5.23. The molecule has 0 amide bonds. The molecule has 0 aliphatic carbocycles. The van der Waals surface area contributed by atoms with E-state index in [0.29, 0.717) is 5.41 Å². The number of benzene rings is 1. The van der Waals surface area contributed by atoms with E-state index >= 15 is 0 Å². The minimum Gasteiger partial charge on any atom is -0.497 e. The fourth-order valence-corrected chi connectivity index (χ4v) is 3.42. The second-order valence-electron chi connectivity index (χ2n) is 6.08. The molecule has 1 aliphatic heterocycles. The molecular weight excluding hydrogens is 248 g/mol. The van der Waals surface area contributed by atoms with Gasteiger partial charge in [-0.1, -0.05) is 13.3 Å². The van der Waals surface area contributed by atoms with Crippen molar-refractivity contribution in [2.45, 2.75) is 32.6 Å². The monoisotopic (exact) mass is 276 g/mol. The lowest BCUT2D eigenvalue weighted by Gasteiger charge is -2.41. The van der Waals surface area contributed by atoms with E-state index in [1.807, 2.05) is 12.1 Å². The Kier molecular flexibility index (Phi) is 5.30. The standard InChI is InChI=1S/C17H28N2O/c1-4-10-17(11-5-12-18-13-17)14-19(2)15-6-8-16(20-3)9-7-15/h6-9,18H,4-5,10-14H2,1-3H3. The van der Waals surface area contributed by atoms with Crippen LogP contribution in [0.15, 0.2) is 24.3 Å². The maximum Gasteiger partial charge on any atom is 0.119 e. The van der Waals surface area contributed by atoms with Gasteiger partial charge in [0.15, 0.2) is 0 Å². The Hall–Kier alpha value is -1.22. The molecule has 1 fully saturated rings. The molecule has 0 saturated carbocycles. The fourth-order valence-electron chi connectivity index (χ4n) is 3.42. The molecule has 1 atom stereocenters. The third kappa shape index (κ3) is 3.66. The van der Waals surface area contributed by atoms with Crippen LogP contribution in [0.5, 0.6) is 5.75 Å². The van der Waals surface area contributed by atoms with Gasteiger partial charge in [0, 0.05) is 31.2 Å². The second-order valence-corrected chi connectivity index (χ2v) is 6.08. The zero-order valence-corrected chi connectivity index (χ0v) is 13.1. The van der Waals surface area contributed by atoms with Crippen molar-refractivity contribution < 1.29 is 4.74 Å². The van der Waals surface area contributed by atoms with Gasteiger partial charge in [-0.15, -0.1) is 0 Å². The van der Waals surface area contributed by atoms with Gasteiger partial charge in [-0.25, -0.2) is 0 Å². The van der Waals surface area contributed by atoms with Gasteiger partial charge in [-0.3, -0.25) is 0 Å². The normalized spacial score (nSPS) is 22.6. The number of rotatable bonds is 6. The fraction of sp³-hybridized carbons (Fsp3) is 0.647. The van der Waals surface area contributed by atoms with Gasteiger partial charge in [-0.2, -0.15) is 0 Å². The van der Waals surface area contributed by atoms with Crippen molar-refractivity contribution in [1.82, 2.24) is 5.32 Å². The quantitative estimate of drug-likeness (QED) is 0.863. The van der Waals surface area contributed by atoms with E-state index in [1.54, 1.807) is 7.11 Å². The molecule has 2 rings (SSSR count). The number of hydrogen-bond donors (Lipinski definition) is 1.